The average molecular weight is 220 g/mol. The molecular weight excluding hydrogens is 204 g/mol. The van der Waals surface area contributed by atoms with Crippen LogP contribution in [-0.2, 0) is 0 Å². The highest BCUT2D eigenvalue weighted by atomic mass is 15.5. The first-order chi connectivity index (χ1) is 7.77. The van der Waals surface area contributed by atoms with Gasteiger partial charge in [0.25, 0.3) is 0 Å². The van der Waals surface area contributed by atoms with E-state index in [1.165, 1.54) is 6.33 Å². The van der Waals surface area contributed by atoms with Gasteiger partial charge in [-0.25, -0.2) is 14.6 Å². The molecule has 2 heterocycles. The Labute approximate surface area is 94.1 Å². The second-order valence-electron chi connectivity index (χ2n) is 3.82. The largest absolute Gasteiger partial charge is 0.371 e. The van der Waals surface area contributed by atoms with Crippen LogP contribution in [0.5, 0.6) is 0 Å². The molecule has 0 aromatic carbocycles. The number of aromatic nitrogens is 5. The van der Waals surface area contributed by atoms with E-state index >= 15 is 0 Å². The summed E-state index contributed by atoms with van der Waals surface area (Å²) in [6.07, 6.45) is 3.72. The molecule has 0 bridgehead atoms. The van der Waals surface area contributed by atoms with Crippen LogP contribution in [0, 0.1) is 0 Å². The summed E-state index contributed by atoms with van der Waals surface area (Å²) in [4.78, 5) is 8.35. The number of hydrogen-bond donors (Lipinski definition) is 1. The molecular formula is C10H16N6. The molecule has 0 spiro atoms. The molecule has 6 heteroatoms. The van der Waals surface area contributed by atoms with Crippen LogP contribution in [-0.4, -0.2) is 32.0 Å². The average Bonchev–Trinajstić information content (AvgIpc) is 2.72. The van der Waals surface area contributed by atoms with Crippen LogP contribution in [0.3, 0.4) is 0 Å². The van der Waals surface area contributed by atoms with Crippen molar-refractivity contribution < 1.29 is 0 Å². The molecule has 0 amide bonds. The van der Waals surface area contributed by atoms with Crippen molar-refractivity contribution in [1.82, 2.24) is 25.0 Å². The van der Waals surface area contributed by atoms with Crippen molar-refractivity contribution >= 4 is 17.0 Å². The van der Waals surface area contributed by atoms with Crippen LogP contribution in [0.2, 0.25) is 0 Å². The first-order valence-corrected chi connectivity index (χ1v) is 5.51. The minimum Gasteiger partial charge on any atom is -0.371 e. The number of rotatable bonds is 4. The van der Waals surface area contributed by atoms with Gasteiger partial charge in [-0.15, -0.1) is 5.10 Å². The Morgan fingerprint density at radius 3 is 2.94 bits per heavy atom. The SMILES string of the molecule is CCCC(C)n1nnc2c(NC)ncnc21. The summed E-state index contributed by atoms with van der Waals surface area (Å²) in [5, 5.41) is 11.3. The third-order valence-electron chi connectivity index (χ3n) is 2.62. The minimum atomic E-state index is 0.314. The topological polar surface area (TPSA) is 68.5 Å². The molecule has 86 valence electrons. The van der Waals surface area contributed by atoms with Gasteiger partial charge < -0.3 is 5.32 Å². The summed E-state index contributed by atoms with van der Waals surface area (Å²) >= 11 is 0. The Balaban J connectivity index is 2.48. The van der Waals surface area contributed by atoms with Crippen molar-refractivity contribution in [1.29, 1.82) is 0 Å². The van der Waals surface area contributed by atoms with Crippen LogP contribution in [0.1, 0.15) is 32.7 Å². The van der Waals surface area contributed by atoms with Crippen LogP contribution in [0.25, 0.3) is 11.2 Å². The molecule has 2 aromatic rings. The molecule has 6 nitrogen and oxygen atoms in total. The van der Waals surface area contributed by atoms with E-state index in [1.807, 2.05) is 11.7 Å². The Hall–Kier alpha value is -1.72. The fraction of sp³-hybridized carbons (Fsp3) is 0.600. The summed E-state index contributed by atoms with van der Waals surface area (Å²) in [5.41, 5.74) is 1.52. The summed E-state index contributed by atoms with van der Waals surface area (Å²) in [5.74, 6) is 0.722. The second kappa shape index (κ2) is 4.42. The summed E-state index contributed by atoms with van der Waals surface area (Å²) in [6.45, 7) is 4.28. The van der Waals surface area contributed by atoms with Crippen molar-refractivity contribution in [3.05, 3.63) is 6.33 Å². The Morgan fingerprint density at radius 2 is 2.25 bits per heavy atom. The van der Waals surface area contributed by atoms with Crippen LogP contribution in [0.4, 0.5) is 5.82 Å². The van der Waals surface area contributed by atoms with E-state index in [2.05, 4.69) is 39.4 Å². The lowest BCUT2D eigenvalue weighted by atomic mass is 10.2. The van der Waals surface area contributed by atoms with Crippen molar-refractivity contribution in [3.63, 3.8) is 0 Å². The van der Waals surface area contributed by atoms with Crippen LogP contribution >= 0.6 is 0 Å². The van der Waals surface area contributed by atoms with Gasteiger partial charge in [-0.1, -0.05) is 18.6 Å². The second-order valence-corrected chi connectivity index (χ2v) is 3.82. The highest BCUT2D eigenvalue weighted by molar-refractivity contribution is 5.81. The number of fused-ring (bicyclic) bond motifs is 1. The van der Waals surface area contributed by atoms with Gasteiger partial charge in [-0.3, -0.25) is 0 Å². The van der Waals surface area contributed by atoms with E-state index in [-0.39, 0.29) is 0 Å². The van der Waals surface area contributed by atoms with Gasteiger partial charge in [0.05, 0.1) is 6.04 Å². The van der Waals surface area contributed by atoms with E-state index in [1.54, 1.807) is 0 Å². The Morgan fingerprint density at radius 1 is 1.44 bits per heavy atom. The van der Waals surface area contributed by atoms with Crippen molar-refractivity contribution in [2.45, 2.75) is 32.7 Å². The third-order valence-corrected chi connectivity index (χ3v) is 2.62. The van der Waals surface area contributed by atoms with E-state index in [9.17, 15) is 0 Å². The monoisotopic (exact) mass is 220 g/mol. The van der Waals surface area contributed by atoms with E-state index in [4.69, 9.17) is 0 Å². The molecule has 0 saturated carbocycles. The predicted molar refractivity (Wildman–Crippen MR) is 62.3 cm³/mol. The molecule has 1 N–H and O–H groups in total. The standard InChI is InChI=1S/C10H16N6/c1-4-5-7(2)16-10-8(14-15-16)9(11-3)12-6-13-10/h6-7H,4-5H2,1-3H3,(H,11,12,13). The molecule has 0 aliphatic rings. The van der Waals surface area contributed by atoms with Crippen molar-refractivity contribution in [2.75, 3.05) is 12.4 Å². The van der Waals surface area contributed by atoms with Gasteiger partial charge in [0.15, 0.2) is 17.0 Å². The van der Waals surface area contributed by atoms with E-state index in [0.717, 1.165) is 29.8 Å². The highest BCUT2D eigenvalue weighted by Gasteiger charge is 2.14. The zero-order chi connectivity index (χ0) is 11.5. The van der Waals surface area contributed by atoms with Gasteiger partial charge in [-0.2, -0.15) is 0 Å². The van der Waals surface area contributed by atoms with Gasteiger partial charge in [0, 0.05) is 7.05 Å². The quantitative estimate of drug-likeness (QED) is 0.848. The fourth-order valence-electron chi connectivity index (χ4n) is 1.78. The summed E-state index contributed by atoms with van der Waals surface area (Å²) in [7, 11) is 1.82. The van der Waals surface area contributed by atoms with E-state index < -0.39 is 0 Å². The molecule has 0 radical (unpaired) electrons. The highest BCUT2D eigenvalue weighted by Crippen LogP contribution is 2.20. The molecule has 0 aliphatic carbocycles. The summed E-state index contributed by atoms with van der Waals surface area (Å²) in [6, 6.07) is 0.314. The van der Waals surface area contributed by atoms with Crippen LogP contribution in [0.15, 0.2) is 6.33 Å². The van der Waals surface area contributed by atoms with Gasteiger partial charge >= 0.3 is 0 Å². The van der Waals surface area contributed by atoms with E-state index in [0.29, 0.717) is 6.04 Å². The number of hydrogen-bond acceptors (Lipinski definition) is 5. The van der Waals surface area contributed by atoms with Crippen LogP contribution < -0.4 is 5.32 Å². The zero-order valence-electron chi connectivity index (χ0n) is 9.80. The molecule has 2 rings (SSSR count). The first-order valence-electron chi connectivity index (χ1n) is 5.51. The Kier molecular flexibility index (Phi) is 2.98. The molecule has 2 aromatic heterocycles. The maximum Gasteiger partial charge on any atom is 0.184 e. The first kappa shape index (κ1) is 10.8. The van der Waals surface area contributed by atoms with Crippen molar-refractivity contribution in [2.24, 2.45) is 0 Å². The third kappa shape index (κ3) is 1.70. The number of anilines is 1. The molecule has 16 heavy (non-hydrogen) atoms. The van der Waals surface area contributed by atoms with Gasteiger partial charge in [-0.05, 0) is 13.3 Å². The van der Waals surface area contributed by atoms with Crippen molar-refractivity contribution in [3.8, 4) is 0 Å². The maximum absolute atomic E-state index is 4.24. The zero-order valence-corrected chi connectivity index (χ0v) is 9.80. The summed E-state index contributed by atoms with van der Waals surface area (Å²) < 4.78 is 1.86. The maximum atomic E-state index is 4.24. The van der Waals surface area contributed by atoms with Gasteiger partial charge in [0.1, 0.15) is 6.33 Å². The fourth-order valence-corrected chi connectivity index (χ4v) is 1.78. The normalized spacial score (nSPS) is 12.9. The lowest BCUT2D eigenvalue weighted by Gasteiger charge is -2.09. The number of nitrogens with zero attached hydrogens (tertiary/aromatic N) is 5. The molecule has 1 unspecified atom stereocenters. The molecule has 0 fully saturated rings. The Bertz CT molecular complexity index is 477. The van der Waals surface area contributed by atoms with Gasteiger partial charge in [0.2, 0.25) is 0 Å². The lowest BCUT2D eigenvalue weighted by Crippen LogP contribution is -2.07. The number of nitrogens with one attached hydrogen (secondary N) is 1. The smallest absolute Gasteiger partial charge is 0.184 e. The predicted octanol–water partition coefficient (Wildman–Crippen LogP) is 1.62. The molecule has 1 atom stereocenters. The minimum absolute atomic E-state index is 0.314. The lowest BCUT2D eigenvalue weighted by molar-refractivity contribution is 0.453. The molecule has 0 saturated heterocycles. The molecule has 0 aliphatic heterocycles.